The highest BCUT2D eigenvalue weighted by Gasteiger charge is 2.54. The lowest BCUT2D eigenvalue weighted by Gasteiger charge is -2.32. The van der Waals surface area contributed by atoms with E-state index in [4.69, 9.17) is 5.73 Å². The second-order valence-corrected chi connectivity index (χ2v) is 4.85. The van der Waals surface area contributed by atoms with Gasteiger partial charge in [-0.15, -0.1) is 0 Å². The van der Waals surface area contributed by atoms with E-state index in [1.54, 1.807) is 12.1 Å². The Bertz CT molecular complexity index is 419. The summed E-state index contributed by atoms with van der Waals surface area (Å²) in [6.45, 7) is 3.87. The van der Waals surface area contributed by atoms with Crippen LogP contribution in [0.5, 0.6) is 0 Å². The summed E-state index contributed by atoms with van der Waals surface area (Å²) in [6, 6.07) is 5.84. The van der Waals surface area contributed by atoms with Crippen molar-refractivity contribution in [3.8, 4) is 0 Å². The molecular formula is C14H21F3N2O. The van der Waals surface area contributed by atoms with Crippen molar-refractivity contribution in [2.75, 3.05) is 13.1 Å². The number of rotatable bonds is 6. The third-order valence-electron chi connectivity index (χ3n) is 3.45. The van der Waals surface area contributed by atoms with Gasteiger partial charge in [0.1, 0.15) is 0 Å². The van der Waals surface area contributed by atoms with Gasteiger partial charge in [-0.25, -0.2) is 0 Å². The summed E-state index contributed by atoms with van der Waals surface area (Å²) in [5.74, 6) is 0.264. The average Bonchev–Trinajstić information content (AvgIpc) is 2.42. The maximum absolute atomic E-state index is 13.1. The molecule has 0 saturated carbocycles. The molecule has 0 heterocycles. The topological polar surface area (TPSA) is 58.3 Å². The van der Waals surface area contributed by atoms with Gasteiger partial charge in [0.2, 0.25) is 5.72 Å². The molecule has 1 aromatic rings. The number of hydrogen-bond donors (Lipinski definition) is 3. The maximum atomic E-state index is 13.1. The molecule has 20 heavy (non-hydrogen) atoms. The molecule has 3 nitrogen and oxygen atoms in total. The predicted octanol–water partition coefficient (Wildman–Crippen LogP) is 2.46. The molecule has 0 bridgehead atoms. The van der Waals surface area contributed by atoms with Crippen molar-refractivity contribution in [1.82, 2.24) is 5.32 Å². The molecule has 114 valence electrons. The van der Waals surface area contributed by atoms with Gasteiger partial charge < -0.3 is 10.8 Å². The number of halogens is 3. The number of nitrogens with two attached hydrogens (primary N) is 1. The Morgan fingerprint density at radius 3 is 2.20 bits per heavy atom. The van der Waals surface area contributed by atoms with E-state index < -0.39 is 11.9 Å². The first-order chi connectivity index (χ1) is 9.26. The van der Waals surface area contributed by atoms with Gasteiger partial charge in [-0.2, -0.15) is 13.2 Å². The Balaban J connectivity index is 3.09. The van der Waals surface area contributed by atoms with E-state index in [9.17, 15) is 18.3 Å². The zero-order valence-electron chi connectivity index (χ0n) is 11.7. The molecule has 1 rings (SSSR count). The molecule has 0 amide bonds. The molecular weight excluding hydrogens is 269 g/mol. The van der Waals surface area contributed by atoms with E-state index in [0.29, 0.717) is 0 Å². The summed E-state index contributed by atoms with van der Waals surface area (Å²) < 4.78 is 39.3. The van der Waals surface area contributed by atoms with Crippen molar-refractivity contribution in [2.24, 2.45) is 5.73 Å². The molecule has 0 fully saturated rings. The Kier molecular flexibility index (Phi) is 5.56. The van der Waals surface area contributed by atoms with Gasteiger partial charge in [0.05, 0.1) is 0 Å². The molecule has 0 aliphatic rings. The van der Waals surface area contributed by atoms with Crippen LogP contribution in [0.25, 0.3) is 0 Å². The minimum atomic E-state index is -4.82. The monoisotopic (exact) mass is 290 g/mol. The first-order valence-corrected chi connectivity index (χ1v) is 6.61. The molecule has 0 aromatic heterocycles. The van der Waals surface area contributed by atoms with Crippen molar-refractivity contribution < 1.29 is 18.3 Å². The molecule has 1 aromatic carbocycles. The second-order valence-electron chi connectivity index (χ2n) is 4.85. The van der Waals surface area contributed by atoms with E-state index in [0.717, 1.165) is 12.0 Å². The van der Waals surface area contributed by atoms with Gasteiger partial charge in [0, 0.05) is 18.7 Å². The van der Waals surface area contributed by atoms with E-state index >= 15 is 0 Å². The van der Waals surface area contributed by atoms with Gasteiger partial charge in [0.25, 0.3) is 0 Å². The first-order valence-electron chi connectivity index (χ1n) is 6.61. The number of hydrogen-bond acceptors (Lipinski definition) is 3. The molecule has 2 unspecified atom stereocenters. The van der Waals surface area contributed by atoms with E-state index in [1.807, 2.05) is 13.8 Å². The maximum Gasteiger partial charge on any atom is 0.435 e. The van der Waals surface area contributed by atoms with Crippen LogP contribution in [-0.2, 0) is 5.72 Å². The number of aliphatic hydroxyl groups is 1. The lowest BCUT2D eigenvalue weighted by Crippen LogP contribution is -2.55. The van der Waals surface area contributed by atoms with Crippen LogP contribution in [-0.4, -0.2) is 24.4 Å². The fraction of sp³-hybridized carbons (Fsp3) is 0.571. The van der Waals surface area contributed by atoms with Gasteiger partial charge in [-0.05, 0) is 17.9 Å². The summed E-state index contributed by atoms with van der Waals surface area (Å²) >= 11 is 0. The zero-order chi connectivity index (χ0) is 15.4. The highest BCUT2D eigenvalue weighted by Crippen LogP contribution is 2.37. The number of benzene rings is 1. The summed E-state index contributed by atoms with van der Waals surface area (Å²) in [5.41, 5.74) is 2.84. The Morgan fingerprint density at radius 2 is 1.80 bits per heavy atom. The van der Waals surface area contributed by atoms with Gasteiger partial charge >= 0.3 is 6.18 Å². The average molecular weight is 290 g/mol. The van der Waals surface area contributed by atoms with Crippen LogP contribution < -0.4 is 11.1 Å². The number of nitrogens with one attached hydrogen (secondary N) is 1. The van der Waals surface area contributed by atoms with Crippen LogP contribution >= 0.6 is 0 Å². The van der Waals surface area contributed by atoms with Crippen LogP contribution in [0.15, 0.2) is 24.3 Å². The SMILES string of the molecule is CCC(C)c1ccc(C(O)(NCCN)C(F)(F)F)cc1. The van der Waals surface area contributed by atoms with Crippen molar-refractivity contribution >= 4 is 0 Å². The van der Waals surface area contributed by atoms with Gasteiger partial charge in [0.15, 0.2) is 0 Å². The van der Waals surface area contributed by atoms with Crippen LogP contribution in [0.1, 0.15) is 37.3 Å². The minimum Gasteiger partial charge on any atom is -0.364 e. The minimum absolute atomic E-state index is 0.00332. The summed E-state index contributed by atoms with van der Waals surface area (Å²) in [5, 5.41) is 12.0. The lowest BCUT2D eigenvalue weighted by atomic mass is 9.94. The molecule has 0 aliphatic carbocycles. The van der Waals surface area contributed by atoms with Crippen molar-refractivity contribution in [2.45, 2.75) is 38.1 Å². The summed E-state index contributed by atoms with van der Waals surface area (Å²) in [4.78, 5) is 0. The fourth-order valence-corrected chi connectivity index (χ4v) is 1.91. The van der Waals surface area contributed by atoms with Crippen molar-refractivity contribution in [1.29, 1.82) is 0 Å². The van der Waals surface area contributed by atoms with E-state index in [1.165, 1.54) is 12.1 Å². The standard InChI is InChI=1S/C14H21F3N2O/c1-3-10(2)11-4-6-12(7-5-11)13(20,14(15,16)17)19-9-8-18/h4-7,10,19-20H,3,8-9,18H2,1-2H3. The largest absolute Gasteiger partial charge is 0.435 e. The van der Waals surface area contributed by atoms with E-state index in [2.05, 4.69) is 5.32 Å². The molecule has 0 spiro atoms. The highest BCUT2D eigenvalue weighted by molar-refractivity contribution is 5.29. The lowest BCUT2D eigenvalue weighted by molar-refractivity contribution is -0.279. The van der Waals surface area contributed by atoms with Crippen molar-refractivity contribution in [3.63, 3.8) is 0 Å². The third-order valence-corrected chi connectivity index (χ3v) is 3.45. The Hall–Kier alpha value is -1.11. The van der Waals surface area contributed by atoms with Gasteiger partial charge in [-0.1, -0.05) is 38.1 Å². The molecule has 0 aliphatic heterocycles. The van der Waals surface area contributed by atoms with E-state index in [-0.39, 0.29) is 24.6 Å². The van der Waals surface area contributed by atoms with Crippen LogP contribution in [0.3, 0.4) is 0 Å². The molecule has 4 N–H and O–H groups in total. The van der Waals surface area contributed by atoms with Crippen molar-refractivity contribution in [3.05, 3.63) is 35.4 Å². The third kappa shape index (κ3) is 3.50. The normalized spacial score (nSPS) is 16.8. The van der Waals surface area contributed by atoms with Crippen LogP contribution in [0, 0.1) is 0 Å². The zero-order valence-corrected chi connectivity index (χ0v) is 11.7. The fourth-order valence-electron chi connectivity index (χ4n) is 1.91. The van der Waals surface area contributed by atoms with Gasteiger partial charge in [-0.3, -0.25) is 5.32 Å². The first kappa shape index (κ1) is 16.9. The quantitative estimate of drug-likeness (QED) is 0.705. The molecule has 6 heteroatoms. The molecule has 2 atom stereocenters. The van der Waals surface area contributed by atoms with Crippen LogP contribution in [0.4, 0.5) is 13.2 Å². The smallest absolute Gasteiger partial charge is 0.364 e. The summed E-state index contributed by atoms with van der Waals surface area (Å²) in [6.07, 6.45) is -3.92. The second kappa shape index (κ2) is 6.56. The number of alkyl halides is 3. The molecule has 0 radical (unpaired) electrons. The molecule has 0 saturated heterocycles. The summed E-state index contributed by atoms with van der Waals surface area (Å²) in [7, 11) is 0. The Morgan fingerprint density at radius 1 is 1.25 bits per heavy atom. The van der Waals surface area contributed by atoms with Crippen LogP contribution in [0.2, 0.25) is 0 Å². The Labute approximate surface area is 117 Å². The highest BCUT2D eigenvalue weighted by atomic mass is 19.4. The predicted molar refractivity (Wildman–Crippen MR) is 72.2 cm³/mol.